The van der Waals surface area contributed by atoms with Gasteiger partial charge in [0, 0.05) is 18.4 Å². The highest BCUT2D eigenvalue weighted by atomic mass is 33.1. The minimum atomic E-state index is -4.62. The van der Waals surface area contributed by atoms with E-state index in [-0.39, 0.29) is 31.0 Å². The van der Waals surface area contributed by atoms with Gasteiger partial charge in [0.15, 0.2) is 5.25 Å². The number of rotatable bonds is 8. The Hall–Kier alpha value is -1.30. The maximum Gasteiger partial charge on any atom is 0.353 e. The first kappa shape index (κ1) is 19.0. The summed E-state index contributed by atoms with van der Waals surface area (Å²) in [6, 6.07) is 5.39. The summed E-state index contributed by atoms with van der Waals surface area (Å²) in [5.74, 6) is -1.25. The van der Waals surface area contributed by atoms with E-state index in [9.17, 15) is 22.6 Å². The van der Waals surface area contributed by atoms with Crippen molar-refractivity contribution in [3.05, 3.63) is 24.4 Å². The summed E-state index contributed by atoms with van der Waals surface area (Å²) < 4.78 is 32.1. The average Bonchev–Trinajstić information content (AvgIpc) is 2.92. The number of amides is 1. The molecule has 11 heteroatoms. The summed E-state index contributed by atoms with van der Waals surface area (Å²) in [6.45, 7) is 0.229. The molecule has 1 fully saturated rings. The van der Waals surface area contributed by atoms with Gasteiger partial charge in [-0.05, 0) is 35.8 Å². The van der Waals surface area contributed by atoms with Gasteiger partial charge in [0.1, 0.15) is 5.03 Å². The smallest absolute Gasteiger partial charge is 0.337 e. The van der Waals surface area contributed by atoms with Crippen LogP contribution in [-0.2, 0) is 24.5 Å². The number of nitrogens with zero attached hydrogens (tertiary/aromatic N) is 2. The Morgan fingerprint density at radius 2 is 2.25 bits per heavy atom. The molecule has 1 unspecified atom stereocenters. The molecule has 2 heterocycles. The molecule has 1 N–H and O–H groups in total. The molecule has 1 aromatic heterocycles. The molecular weight excluding hydrogens is 376 g/mol. The van der Waals surface area contributed by atoms with Crippen LogP contribution >= 0.6 is 21.6 Å². The van der Waals surface area contributed by atoms with Crippen molar-refractivity contribution >= 4 is 43.6 Å². The lowest BCUT2D eigenvalue weighted by Gasteiger charge is -2.18. The van der Waals surface area contributed by atoms with Gasteiger partial charge in [-0.3, -0.25) is 9.35 Å². The van der Waals surface area contributed by atoms with Gasteiger partial charge in [-0.15, -0.1) is 0 Å². The zero-order chi connectivity index (χ0) is 17.6. The summed E-state index contributed by atoms with van der Waals surface area (Å²) in [7, 11) is -1.99. The number of hydroxylamine groups is 2. The molecule has 1 atom stereocenters. The Bertz CT molecular complexity index is 682. The van der Waals surface area contributed by atoms with E-state index in [4.69, 9.17) is 4.84 Å². The molecule has 0 aromatic carbocycles. The van der Waals surface area contributed by atoms with Gasteiger partial charge in [0.2, 0.25) is 0 Å². The molecule has 0 aliphatic carbocycles. The molecule has 2 rings (SSSR count). The van der Waals surface area contributed by atoms with Gasteiger partial charge in [-0.1, -0.05) is 16.9 Å². The van der Waals surface area contributed by atoms with Crippen molar-refractivity contribution < 1.29 is 27.4 Å². The molecule has 1 saturated heterocycles. The van der Waals surface area contributed by atoms with Crippen molar-refractivity contribution in [3.63, 3.8) is 0 Å². The molecule has 1 aliphatic heterocycles. The quantitative estimate of drug-likeness (QED) is 0.400. The van der Waals surface area contributed by atoms with Gasteiger partial charge >= 0.3 is 5.97 Å². The number of hydrogen-bond acceptors (Lipinski definition) is 8. The van der Waals surface area contributed by atoms with Crippen LogP contribution in [0.4, 0.5) is 0 Å². The molecule has 0 spiro atoms. The topological polar surface area (TPSA) is 114 Å². The van der Waals surface area contributed by atoms with E-state index < -0.39 is 21.3 Å². The molecule has 1 aliphatic rings. The molecular formula is C13H16N2O6S3. The minimum Gasteiger partial charge on any atom is -0.337 e. The monoisotopic (exact) mass is 392 g/mol. The molecule has 1 aromatic rings. The summed E-state index contributed by atoms with van der Waals surface area (Å²) in [5, 5.41) is -0.130. The first-order valence-corrected chi connectivity index (χ1v) is 10.9. The second-order valence-corrected chi connectivity index (χ2v) is 8.91. The fourth-order valence-electron chi connectivity index (χ4n) is 1.93. The van der Waals surface area contributed by atoms with Crippen molar-refractivity contribution in [3.8, 4) is 0 Å². The Morgan fingerprint density at radius 3 is 2.83 bits per heavy atom. The highest BCUT2D eigenvalue weighted by Crippen LogP contribution is 2.30. The zero-order valence-corrected chi connectivity index (χ0v) is 15.0. The second kappa shape index (κ2) is 8.70. The number of carbonyl (C=O) groups excluding carboxylic acids is 2. The maximum absolute atomic E-state index is 12.0. The third-order valence-electron chi connectivity index (χ3n) is 3.10. The minimum absolute atomic E-state index is 0.135. The van der Waals surface area contributed by atoms with Gasteiger partial charge in [0.05, 0.1) is 6.54 Å². The van der Waals surface area contributed by atoms with Crippen molar-refractivity contribution in [2.45, 2.75) is 29.5 Å². The number of hydrogen-bond donors (Lipinski definition) is 1. The van der Waals surface area contributed by atoms with E-state index in [1.165, 1.54) is 21.6 Å². The molecule has 0 bridgehead atoms. The first-order chi connectivity index (χ1) is 11.4. The molecule has 24 heavy (non-hydrogen) atoms. The Kier molecular flexibility index (Phi) is 6.90. The van der Waals surface area contributed by atoms with Crippen LogP contribution in [0.1, 0.15) is 19.3 Å². The Morgan fingerprint density at radius 1 is 1.46 bits per heavy atom. The Balaban J connectivity index is 1.86. The SMILES string of the molecule is O=C(ON1CCCC1=O)C(CCSSc1ccccn1)S(=O)(=O)O. The highest BCUT2D eigenvalue weighted by Gasteiger charge is 2.35. The van der Waals surface area contributed by atoms with Crippen LogP contribution in [0.3, 0.4) is 0 Å². The van der Waals surface area contributed by atoms with Crippen LogP contribution in [0, 0.1) is 0 Å². The summed E-state index contributed by atoms with van der Waals surface area (Å²) in [4.78, 5) is 32.3. The lowest BCUT2D eigenvalue weighted by atomic mass is 10.3. The van der Waals surface area contributed by atoms with E-state index >= 15 is 0 Å². The van der Waals surface area contributed by atoms with Crippen molar-refractivity contribution in [2.75, 3.05) is 12.3 Å². The number of pyridine rings is 1. The van der Waals surface area contributed by atoms with Crippen LogP contribution in [0.5, 0.6) is 0 Å². The van der Waals surface area contributed by atoms with E-state index in [2.05, 4.69) is 4.98 Å². The molecule has 8 nitrogen and oxygen atoms in total. The van der Waals surface area contributed by atoms with Gasteiger partial charge in [0.25, 0.3) is 16.0 Å². The van der Waals surface area contributed by atoms with Gasteiger partial charge in [-0.2, -0.15) is 13.5 Å². The Labute approximate surface area is 147 Å². The first-order valence-electron chi connectivity index (χ1n) is 7.07. The van der Waals surface area contributed by atoms with Crippen molar-refractivity contribution in [2.24, 2.45) is 0 Å². The largest absolute Gasteiger partial charge is 0.353 e. The summed E-state index contributed by atoms with van der Waals surface area (Å²) in [6.07, 6.45) is 2.29. The number of aromatic nitrogens is 1. The zero-order valence-electron chi connectivity index (χ0n) is 12.5. The van der Waals surface area contributed by atoms with E-state index in [1.807, 2.05) is 6.07 Å². The summed E-state index contributed by atoms with van der Waals surface area (Å²) >= 11 is 0. The fraction of sp³-hybridized carbons (Fsp3) is 0.462. The molecule has 0 saturated carbocycles. The van der Waals surface area contributed by atoms with Crippen LogP contribution in [0.25, 0.3) is 0 Å². The number of carbonyl (C=O) groups is 2. The molecule has 0 radical (unpaired) electrons. The van der Waals surface area contributed by atoms with Crippen LogP contribution in [0.2, 0.25) is 0 Å². The molecule has 132 valence electrons. The van der Waals surface area contributed by atoms with Crippen LogP contribution in [0.15, 0.2) is 29.4 Å². The lowest BCUT2D eigenvalue weighted by molar-refractivity contribution is -0.192. The van der Waals surface area contributed by atoms with Crippen molar-refractivity contribution in [1.82, 2.24) is 10.0 Å². The predicted molar refractivity (Wildman–Crippen MR) is 89.5 cm³/mol. The highest BCUT2D eigenvalue weighted by molar-refractivity contribution is 8.76. The van der Waals surface area contributed by atoms with E-state index in [1.54, 1.807) is 18.3 Å². The lowest BCUT2D eigenvalue weighted by Crippen LogP contribution is -2.38. The average molecular weight is 392 g/mol. The third-order valence-corrected chi connectivity index (χ3v) is 6.54. The third kappa shape index (κ3) is 5.65. The maximum atomic E-state index is 12.0. The van der Waals surface area contributed by atoms with E-state index in [0.29, 0.717) is 6.42 Å². The normalized spacial score (nSPS) is 16.2. The van der Waals surface area contributed by atoms with Gasteiger partial charge < -0.3 is 4.84 Å². The standard InChI is InChI=1S/C13H16N2O6S3/c16-12-5-3-8-15(12)21-13(17)10(24(18,19)20)6-9-22-23-11-4-1-2-7-14-11/h1-2,4,7,10H,3,5-6,8-9H2,(H,18,19,20). The van der Waals surface area contributed by atoms with E-state index in [0.717, 1.165) is 10.1 Å². The summed E-state index contributed by atoms with van der Waals surface area (Å²) in [5.41, 5.74) is 0. The molecule has 1 amide bonds. The second-order valence-electron chi connectivity index (χ2n) is 4.88. The van der Waals surface area contributed by atoms with Crippen LogP contribution in [-0.4, -0.2) is 52.4 Å². The van der Waals surface area contributed by atoms with Crippen LogP contribution < -0.4 is 0 Å². The predicted octanol–water partition coefficient (Wildman–Crippen LogP) is 1.55. The van der Waals surface area contributed by atoms with Crippen molar-refractivity contribution in [1.29, 1.82) is 0 Å². The van der Waals surface area contributed by atoms with Gasteiger partial charge in [-0.25, -0.2) is 9.78 Å². The fourth-order valence-corrected chi connectivity index (χ4v) is 4.75.